The molecule has 0 bridgehead atoms. The molecule has 0 saturated heterocycles. The number of nitrogens with zero attached hydrogens (tertiary/aromatic N) is 2. The first-order valence-electron chi connectivity index (χ1n) is 5.16. The van der Waals surface area contributed by atoms with Gasteiger partial charge >= 0.3 is 0 Å². The first-order chi connectivity index (χ1) is 6.38. The lowest BCUT2D eigenvalue weighted by atomic mass is 10.0. The summed E-state index contributed by atoms with van der Waals surface area (Å²) in [6.07, 6.45) is 9.00. The minimum Gasteiger partial charge on any atom is -0.296 e. The molecule has 0 spiro atoms. The molecule has 1 unspecified atom stereocenters. The molecule has 2 nitrogen and oxygen atoms in total. The molecule has 0 aromatic heterocycles. The molecule has 0 heterocycles. The molecule has 1 rings (SSSR count). The van der Waals surface area contributed by atoms with Gasteiger partial charge in [-0.3, -0.25) is 4.90 Å². The van der Waals surface area contributed by atoms with Gasteiger partial charge in [0.25, 0.3) is 0 Å². The summed E-state index contributed by atoms with van der Waals surface area (Å²) in [5, 5.41) is 8.51. The Morgan fingerprint density at radius 2 is 2.46 bits per heavy atom. The highest BCUT2D eigenvalue weighted by atomic mass is 15.1. The Kier molecular flexibility index (Phi) is 4.56. The third kappa shape index (κ3) is 3.20. The van der Waals surface area contributed by atoms with Crippen LogP contribution in [-0.2, 0) is 0 Å². The lowest BCUT2D eigenvalue weighted by molar-refractivity contribution is 0.229. The molecule has 72 valence electrons. The maximum absolute atomic E-state index is 8.51. The molecule has 0 aromatic carbocycles. The Bertz CT molecular complexity index is 203. The highest BCUT2D eigenvalue weighted by Crippen LogP contribution is 2.16. The zero-order valence-corrected chi connectivity index (χ0v) is 8.37. The van der Waals surface area contributed by atoms with Crippen molar-refractivity contribution in [3.63, 3.8) is 0 Å². The maximum Gasteiger partial charge on any atom is 0.0635 e. The van der Waals surface area contributed by atoms with Gasteiger partial charge in [-0.25, -0.2) is 0 Å². The SMILES string of the molecule is CCN(CCC#N)C1C=CCCC1. The van der Waals surface area contributed by atoms with Crippen molar-refractivity contribution in [2.24, 2.45) is 0 Å². The predicted molar refractivity (Wildman–Crippen MR) is 54.3 cm³/mol. The summed E-state index contributed by atoms with van der Waals surface area (Å²) in [4.78, 5) is 2.39. The number of likely N-dealkylation sites (N-methyl/N-ethyl adjacent to an activating group) is 1. The van der Waals surface area contributed by atoms with Crippen LogP contribution in [0.4, 0.5) is 0 Å². The fourth-order valence-corrected chi connectivity index (χ4v) is 1.85. The topological polar surface area (TPSA) is 27.0 Å². The minimum absolute atomic E-state index is 0.590. The Balaban J connectivity index is 2.40. The van der Waals surface area contributed by atoms with Gasteiger partial charge < -0.3 is 0 Å². The van der Waals surface area contributed by atoms with E-state index in [2.05, 4.69) is 30.0 Å². The Hall–Kier alpha value is -0.810. The van der Waals surface area contributed by atoms with Gasteiger partial charge in [0.1, 0.15) is 0 Å². The van der Waals surface area contributed by atoms with Crippen LogP contribution >= 0.6 is 0 Å². The Morgan fingerprint density at radius 3 is 3.00 bits per heavy atom. The van der Waals surface area contributed by atoms with Gasteiger partial charge in [0.05, 0.1) is 6.07 Å². The third-order valence-electron chi connectivity index (χ3n) is 2.61. The van der Waals surface area contributed by atoms with Gasteiger partial charge in [-0.2, -0.15) is 5.26 Å². The molecule has 0 radical (unpaired) electrons. The van der Waals surface area contributed by atoms with Crippen LogP contribution in [0.2, 0.25) is 0 Å². The van der Waals surface area contributed by atoms with Crippen molar-refractivity contribution < 1.29 is 0 Å². The first kappa shape index (κ1) is 10.3. The van der Waals surface area contributed by atoms with Gasteiger partial charge in [-0.1, -0.05) is 19.1 Å². The summed E-state index contributed by atoms with van der Waals surface area (Å²) in [5.74, 6) is 0. The molecule has 1 atom stereocenters. The Morgan fingerprint density at radius 1 is 1.62 bits per heavy atom. The highest BCUT2D eigenvalue weighted by Gasteiger charge is 2.14. The van der Waals surface area contributed by atoms with E-state index in [0.29, 0.717) is 12.5 Å². The smallest absolute Gasteiger partial charge is 0.0635 e. The van der Waals surface area contributed by atoms with Crippen LogP contribution in [0, 0.1) is 11.3 Å². The average Bonchev–Trinajstić information content (AvgIpc) is 2.21. The van der Waals surface area contributed by atoms with E-state index in [9.17, 15) is 0 Å². The normalized spacial score (nSPS) is 21.8. The molecule has 1 aliphatic rings. The van der Waals surface area contributed by atoms with Gasteiger partial charge in [0.2, 0.25) is 0 Å². The van der Waals surface area contributed by atoms with Crippen molar-refractivity contribution in [2.75, 3.05) is 13.1 Å². The molecular formula is C11H18N2. The second kappa shape index (κ2) is 5.77. The molecule has 0 aromatic rings. The van der Waals surface area contributed by atoms with Gasteiger partial charge in [-0.05, 0) is 25.8 Å². The fourth-order valence-electron chi connectivity index (χ4n) is 1.85. The van der Waals surface area contributed by atoms with Gasteiger partial charge in [0.15, 0.2) is 0 Å². The monoisotopic (exact) mass is 178 g/mol. The van der Waals surface area contributed by atoms with Crippen molar-refractivity contribution in [1.29, 1.82) is 5.26 Å². The van der Waals surface area contributed by atoms with E-state index in [4.69, 9.17) is 5.26 Å². The second-order valence-electron chi connectivity index (χ2n) is 3.46. The maximum atomic E-state index is 8.51. The van der Waals surface area contributed by atoms with E-state index >= 15 is 0 Å². The summed E-state index contributed by atoms with van der Waals surface area (Å²) < 4.78 is 0. The minimum atomic E-state index is 0.590. The average molecular weight is 178 g/mol. The number of hydrogen-bond donors (Lipinski definition) is 0. The third-order valence-corrected chi connectivity index (χ3v) is 2.61. The van der Waals surface area contributed by atoms with Crippen LogP contribution in [0.5, 0.6) is 0 Å². The zero-order valence-electron chi connectivity index (χ0n) is 8.37. The summed E-state index contributed by atoms with van der Waals surface area (Å²) in [6, 6.07) is 2.80. The Labute approximate surface area is 80.8 Å². The highest BCUT2D eigenvalue weighted by molar-refractivity contribution is 4.98. The number of rotatable bonds is 4. The number of nitriles is 1. The van der Waals surface area contributed by atoms with Crippen LogP contribution in [0.1, 0.15) is 32.6 Å². The molecule has 2 heteroatoms. The molecule has 0 aliphatic heterocycles. The first-order valence-corrected chi connectivity index (χ1v) is 5.16. The van der Waals surface area contributed by atoms with Crippen LogP contribution in [-0.4, -0.2) is 24.0 Å². The molecule has 0 N–H and O–H groups in total. The molecule has 1 aliphatic carbocycles. The fraction of sp³-hybridized carbons (Fsp3) is 0.727. The zero-order chi connectivity index (χ0) is 9.52. The van der Waals surface area contributed by atoms with Crippen LogP contribution in [0.3, 0.4) is 0 Å². The van der Waals surface area contributed by atoms with Gasteiger partial charge in [0, 0.05) is 19.0 Å². The summed E-state index contributed by atoms with van der Waals surface area (Å²) in [7, 11) is 0. The standard InChI is InChI=1S/C11H18N2/c1-2-13(10-6-9-12)11-7-4-3-5-8-11/h4,7,11H,2-3,5-6,8,10H2,1H3. The van der Waals surface area contributed by atoms with Crippen molar-refractivity contribution >= 4 is 0 Å². The molecular weight excluding hydrogens is 160 g/mol. The molecule has 0 amide bonds. The van der Waals surface area contributed by atoms with Crippen molar-refractivity contribution in [2.45, 2.75) is 38.6 Å². The largest absolute Gasteiger partial charge is 0.296 e. The van der Waals surface area contributed by atoms with Crippen LogP contribution < -0.4 is 0 Å². The number of hydrogen-bond acceptors (Lipinski definition) is 2. The summed E-state index contributed by atoms with van der Waals surface area (Å²) in [5.41, 5.74) is 0. The molecule has 0 fully saturated rings. The lowest BCUT2D eigenvalue weighted by Gasteiger charge is -2.29. The van der Waals surface area contributed by atoms with Crippen LogP contribution in [0.15, 0.2) is 12.2 Å². The van der Waals surface area contributed by atoms with E-state index in [1.165, 1.54) is 19.3 Å². The van der Waals surface area contributed by atoms with Crippen molar-refractivity contribution in [3.05, 3.63) is 12.2 Å². The summed E-state index contributed by atoms with van der Waals surface area (Å²) >= 11 is 0. The van der Waals surface area contributed by atoms with Crippen molar-refractivity contribution in [3.8, 4) is 6.07 Å². The van der Waals surface area contributed by atoms with E-state index in [0.717, 1.165) is 13.1 Å². The molecule has 13 heavy (non-hydrogen) atoms. The van der Waals surface area contributed by atoms with Crippen molar-refractivity contribution in [1.82, 2.24) is 4.90 Å². The predicted octanol–water partition coefficient (Wildman–Crippen LogP) is 2.33. The van der Waals surface area contributed by atoms with E-state index in [1.807, 2.05) is 0 Å². The second-order valence-corrected chi connectivity index (χ2v) is 3.46. The van der Waals surface area contributed by atoms with Gasteiger partial charge in [-0.15, -0.1) is 0 Å². The van der Waals surface area contributed by atoms with E-state index < -0.39 is 0 Å². The summed E-state index contributed by atoms with van der Waals surface area (Å²) in [6.45, 7) is 4.14. The van der Waals surface area contributed by atoms with Crippen LogP contribution in [0.25, 0.3) is 0 Å². The lowest BCUT2D eigenvalue weighted by Crippen LogP contribution is -2.35. The number of allylic oxidation sites excluding steroid dienone is 1. The molecule has 0 saturated carbocycles. The quantitative estimate of drug-likeness (QED) is 0.618. The van der Waals surface area contributed by atoms with E-state index in [-0.39, 0.29) is 0 Å². The van der Waals surface area contributed by atoms with E-state index in [1.54, 1.807) is 0 Å².